The summed E-state index contributed by atoms with van der Waals surface area (Å²) >= 11 is 0. The van der Waals surface area contributed by atoms with Crippen molar-refractivity contribution in [3.05, 3.63) is 66.1 Å². The van der Waals surface area contributed by atoms with E-state index in [0.29, 0.717) is 35.2 Å². The molecule has 4 rings (SSSR count). The highest BCUT2D eigenvalue weighted by atomic mass is 16.5. The van der Waals surface area contributed by atoms with Crippen LogP contribution < -0.4 is 10.1 Å². The molecule has 1 N–H and O–H groups in total. The molecule has 3 heterocycles. The maximum Gasteiger partial charge on any atom is 0.261 e. The topological polar surface area (TPSA) is 94.3 Å². The Morgan fingerprint density at radius 3 is 2.89 bits per heavy atom. The van der Waals surface area contributed by atoms with E-state index in [1.807, 2.05) is 50.2 Å². The van der Waals surface area contributed by atoms with Crippen LogP contribution in [0, 0.1) is 6.92 Å². The van der Waals surface area contributed by atoms with Crippen molar-refractivity contribution in [2.75, 3.05) is 11.9 Å². The van der Waals surface area contributed by atoms with Gasteiger partial charge in [0.05, 0.1) is 12.3 Å². The Morgan fingerprint density at radius 1 is 1.14 bits per heavy atom. The minimum atomic E-state index is -0.285. The Kier molecular flexibility index (Phi) is 4.67. The fourth-order valence-corrected chi connectivity index (χ4v) is 2.82. The van der Waals surface area contributed by atoms with E-state index < -0.39 is 0 Å². The molecule has 0 unspecified atom stereocenters. The number of aryl methyl sites for hydroxylation is 1. The van der Waals surface area contributed by atoms with E-state index in [1.54, 1.807) is 22.8 Å². The molecule has 1 aromatic carbocycles. The monoisotopic (exact) mass is 374 g/mol. The number of rotatable bonds is 5. The second-order valence-corrected chi connectivity index (χ2v) is 6.06. The van der Waals surface area contributed by atoms with Gasteiger partial charge in [0, 0.05) is 17.4 Å². The van der Waals surface area contributed by atoms with Crippen LogP contribution in [-0.4, -0.2) is 37.3 Å². The van der Waals surface area contributed by atoms with Crippen molar-refractivity contribution in [1.29, 1.82) is 0 Å². The molecule has 0 aliphatic rings. The minimum Gasteiger partial charge on any atom is -0.477 e. The predicted octanol–water partition coefficient (Wildman–Crippen LogP) is 3.15. The average Bonchev–Trinajstić information content (AvgIpc) is 3.09. The highest BCUT2D eigenvalue weighted by Gasteiger charge is 2.14. The highest BCUT2D eigenvalue weighted by molar-refractivity contribution is 6.06. The second-order valence-electron chi connectivity index (χ2n) is 6.06. The van der Waals surface area contributed by atoms with Crippen LogP contribution in [0.3, 0.4) is 0 Å². The zero-order valence-corrected chi connectivity index (χ0v) is 15.5. The number of hydrogen-bond donors (Lipinski definition) is 1. The number of nitrogens with one attached hydrogen (secondary N) is 1. The molecular formula is C20H18N6O2. The van der Waals surface area contributed by atoms with Gasteiger partial charge < -0.3 is 10.1 Å². The van der Waals surface area contributed by atoms with Crippen LogP contribution in [0.15, 0.2) is 54.7 Å². The van der Waals surface area contributed by atoms with E-state index in [2.05, 4.69) is 25.6 Å². The summed E-state index contributed by atoms with van der Waals surface area (Å²) in [5, 5.41) is 15.5. The number of ether oxygens (including phenoxy) is 1. The summed E-state index contributed by atoms with van der Waals surface area (Å²) in [5.41, 5.74) is 3.34. The van der Waals surface area contributed by atoms with Crippen molar-refractivity contribution in [2.24, 2.45) is 0 Å². The third-order valence-electron chi connectivity index (χ3n) is 4.13. The number of nitrogens with zero attached hydrogens (tertiary/aromatic N) is 5. The maximum absolute atomic E-state index is 12.7. The second kappa shape index (κ2) is 7.43. The van der Waals surface area contributed by atoms with Gasteiger partial charge >= 0.3 is 0 Å². The molecule has 8 nitrogen and oxygen atoms in total. The van der Waals surface area contributed by atoms with Gasteiger partial charge in [-0.1, -0.05) is 12.1 Å². The molecule has 0 atom stereocenters. The van der Waals surface area contributed by atoms with Gasteiger partial charge in [0.2, 0.25) is 5.88 Å². The van der Waals surface area contributed by atoms with Crippen molar-refractivity contribution in [3.63, 3.8) is 0 Å². The number of pyridine rings is 1. The molecule has 0 saturated heterocycles. The van der Waals surface area contributed by atoms with E-state index in [0.717, 1.165) is 11.3 Å². The lowest BCUT2D eigenvalue weighted by molar-refractivity contribution is 0.102. The third kappa shape index (κ3) is 3.39. The quantitative estimate of drug-likeness (QED) is 0.577. The summed E-state index contributed by atoms with van der Waals surface area (Å²) in [6, 6.07) is 14.6. The molecule has 1 amide bonds. The van der Waals surface area contributed by atoms with Crippen LogP contribution in [0.1, 0.15) is 23.1 Å². The van der Waals surface area contributed by atoms with E-state index >= 15 is 0 Å². The van der Waals surface area contributed by atoms with Crippen LogP contribution in [-0.2, 0) is 0 Å². The summed E-state index contributed by atoms with van der Waals surface area (Å²) < 4.78 is 7.12. The summed E-state index contributed by atoms with van der Waals surface area (Å²) in [4.78, 5) is 16.8. The standard InChI is InChI=1S/C20H18N6O2/c1-3-28-20-16(8-5-11-21-20)19(27)22-15-7-4-6-14(12-15)17-9-10-18-24-23-13(2)26(18)25-17/h4-12H,3H2,1-2H3,(H,22,27). The SMILES string of the molecule is CCOc1ncccc1C(=O)Nc1cccc(-c2ccc3nnc(C)n3n2)c1. The number of benzene rings is 1. The van der Waals surface area contributed by atoms with Gasteiger partial charge in [0.15, 0.2) is 11.5 Å². The molecule has 0 saturated carbocycles. The Labute approximate surface area is 161 Å². The summed E-state index contributed by atoms with van der Waals surface area (Å²) in [6.07, 6.45) is 1.59. The molecule has 8 heteroatoms. The van der Waals surface area contributed by atoms with Crippen LogP contribution >= 0.6 is 0 Å². The Hall–Kier alpha value is -3.81. The summed E-state index contributed by atoms with van der Waals surface area (Å²) in [5.74, 6) is 0.738. The fraction of sp³-hybridized carbons (Fsp3) is 0.150. The molecule has 28 heavy (non-hydrogen) atoms. The third-order valence-corrected chi connectivity index (χ3v) is 4.13. The number of carbonyl (C=O) groups is 1. The Morgan fingerprint density at radius 2 is 2.04 bits per heavy atom. The number of fused-ring (bicyclic) bond motifs is 1. The van der Waals surface area contributed by atoms with Gasteiger partial charge in [-0.3, -0.25) is 4.79 Å². The maximum atomic E-state index is 12.7. The van der Waals surface area contributed by atoms with Crippen LogP contribution in [0.25, 0.3) is 16.9 Å². The lowest BCUT2D eigenvalue weighted by atomic mass is 10.1. The Balaban J connectivity index is 1.62. The minimum absolute atomic E-state index is 0.285. The number of anilines is 1. The van der Waals surface area contributed by atoms with E-state index in [4.69, 9.17) is 4.74 Å². The van der Waals surface area contributed by atoms with Gasteiger partial charge in [-0.25, -0.2) is 4.98 Å². The van der Waals surface area contributed by atoms with Crippen molar-refractivity contribution in [3.8, 4) is 17.1 Å². The Bertz CT molecular complexity index is 1150. The van der Waals surface area contributed by atoms with Crippen LogP contribution in [0.2, 0.25) is 0 Å². The van der Waals surface area contributed by atoms with Crippen molar-refractivity contribution >= 4 is 17.2 Å². The van der Waals surface area contributed by atoms with E-state index in [1.165, 1.54) is 0 Å². The van der Waals surface area contributed by atoms with E-state index in [-0.39, 0.29) is 5.91 Å². The molecule has 0 aliphatic heterocycles. The zero-order chi connectivity index (χ0) is 19.5. The molecule has 140 valence electrons. The zero-order valence-electron chi connectivity index (χ0n) is 15.5. The van der Waals surface area contributed by atoms with Gasteiger partial charge in [0.25, 0.3) is 5.91 Å². The lowest BCUT2D eigenvalue weighted by Crippen LogP contribution is -2.14. The fourth-order valence-electron chi connectivity index (χ4n) is 2.82. The average molecular weight is 374 g/mol. The number of amides is 1. The van der Waals surface area contributed by atoms with Gasteiger partial charge in [-0.15, -0.1) is 10.2 Å². The summed E-state index contributed by atoms with van der Waals surface area (Å²) in [7, 11) is 0. The van der Waals surface area contributed by atoms with Gasteiger partial charge in [0.1, 0.15) is 5.56 Å². The first-order valence-corrected chi connectivity index (χ1v) is 8.84. The first-order chi connectivity index (χ1) is 13.7. The molecular weight excluding hydrogens is 356 g/mol. The molecule has 0 fully saturated rings. The van der Waals surface area contributed by atoms with Crippen LogP contribution in [0.5, 0.6) is 5.88 Å². The number of hydrogen-bond acceptors (Lipinski definition) is 6. The first-order valence-electron chi connectivity index (χ1n) is 8.84. The molecule has 4 aromatic rings. The number of carbonyl (C=O) groups excluding carboxylic acids is 1. The molecule has 0 aliphatic carbocycles. The summed E-state index contributed by atoms with van der Waals surface area (Å²) in [6.45, 7) is 4.13. The van der Waals surface area contributed by atoms with Crippen molar-refractivity contribution < 1.29 is 9.53 Å². The molecule has 0 bridgehead atoms. The van der Waals surface area contributed by atoms with Gasteiger partial charge in [-0.05, 0) is 50.2 Å². The van der Waals surface area contributed by atoms with E-state index in [9.17, 15) is 4.79 Å². The largest absolute Gasteiger partial charge is 0.477 e. The normalized spacial score (nSPS) is 10.8. The predicted molar refractivity (Wildman–Crippen MR) is 104 cm³/mol. The van der Waals surface area contributed by atoms with Crippen molar-refractivity contribution in [2.45, 2.75) is 13.8 Å². The van der Waals surface area contributed by atoms with Crippen molar-refractivity contribution in [1.82, 2.24) is 24.8 Å². The van der Waals surface area contributed by atoms with Gasteiger partial charge in [-0.2, -0.15) is 9.61 Å². The molecule has 0 radical (unpaired) electrons. The lowest BCUT2D eigenvalue weighted by Gasteiger charge is -2.10. The first kappa shape index (κ1) is 17.6. The highest BCUT2D eigenvalue weighted by Crippen LogP contribution is 2.23. The molecule has 3 aromatic heterocycles. The molecule has 0 spiro atoms. The smallest absolute Gasteiger partial charge is 0.261 e. The van der Waals surface area contributed by atoms with Crippen LogP contribution in [0.4, 0.5) is 5.69 Å². The number of aromatic nitrogens is 5.